The van der Waals surface area contributed by atoms with E-state index in [2.05, 4.69) is 79.8 Å². The van der Waals surface area contributed by atoms with Gasteiger partial charge in [-0.1, -0.05) is 69.5 Å². The van der Waals surface area contributed by atoms with Gasteiger partial charge in [-0.15, -0.1) is 11.3 Å². The zero-order chi connectivity index (χ0) is 21.9. The number of nitrogens with zero attached hydrogens (tertiary/aromatic N) is 2. The molecule has 0 fully saturated rings. The maximum absolute atomic E-state index is 9.23. The zero-order valence-electron chi connectivity index (χ0n) is 18.1. The standard InChI is InChI=1S/C27H28N2S/c1-19(2)29(6)20(3)26(22-12-8-7-9-13-22)27(4,5)25-16-24(18-30-25)23-14-10-11-21(15-23)17-28/h7-16,18,26H,1,3H2,2,4-6H3/t26-/m1/s1. The van der Waals surface area contributed by atoms with Crippen molar-refractivity contribution in [3.63, 3.8) is 0 Å². The Hall–Kier alpha value is -3.09. The number of likely N-dealkylation sites (N-methyl/N-ethyl adjacent to an activating group) is 1. The summed E-state index contributed by atoms with van der Waals surface area (Å²) in [7, 11) is 2.03. The van der Waals surface area contributed by atoms with Gasteiger partial charge in [0, 0.05) is 34.7 Å². The highest BCUT2D eigenvalue weighted by Crippen LogP contribution is 2.47. The molecule has 0 radical (unpaired) electrons. The molecular weight excluding hydrogens is 384 g/mol. The van der Waals surface area contributed by atoms with Crippen LogP contribution in [0.1, 0.15) is 42.7 Å². The average molecular weight is 413 g/mol. The molecular formula is C27H28N2S. The molecule has 3 rings (SSSR count). The highest BCUT2D eigenvalue weighted by atomic mass is 32.1. The Labute approximate surface area is 184 Å². The Kier molecular flexibility index (Phi) is 6.29. The summed E-state index contributed by atoms with van der Waals surface area (Å²) < 4.78 is 0. The molecule has 0 bridgehead atoms. The van der Waals surface area contributed by atoms with Crippen LogP contribution in [0.5, 0.6) is 0 Å². The van der Waals surface area contributed by atoms with Gasteiger partial charge in [0.2, 0.25) is 0 Å². The van der Waals surface area contributed by atoms with Gasteiger partial charge in [0.15, 0.2) is 0 Å². The SMILES string of the molecule is C=C(C)N(C)C(=C)[C@H](c1ccccc1)C(C)(C)c1cc(-c2cccc(C#N)c2)cs1. The van der Waals surface area contributed by atoms with E-state index in [4.69, 9.17) is 0 Å². The van der Waals surface area contributed by atoms with Gasteiger partial charge in [-0.25, -0.2) is 0 Å². The van der Waals surface area contributed by atoms with E-state index in [0.717, 1.165) is 22.5 Å². The van der Waals surface area contributed by atoms with Gasteiger partial charge in [-0.2, -0.15) is 5.26 Å². The number of hydrogen-bond donors (Lipinski definition) is 0. The van der Waals surface area contributed by atoms with E-state index >= 15 is 0 Å². The molecule has 0 amide bonds. The van der Waals surface area contributed by atoms with Gasteiger partial charge >= 0.3 is 0 Å². The zero-order valence-corrected chi connectivity index (χ0v) is 19.0. The summed E-state index contributed by atoms with van der Waals surface area (Å²) in [6, 6.07) is 22.8. The van der Waals surface area contributed by atoms with Crippen LogP contribution in [0.15, 0.2) is 90.6 Å². The highest BCUT2D eigenvalue weighted by Gasteiger charge is 2.37. The largest absolute Gasteiger partial charge is 0.352 e. The number of hydrogen-bond acceptors (Lipinski definition) is 3. The van der Waals surface area contributed by atoms with Crippen LogP contribution in [0.4, 0.5) is 0 Å². The van der Waals surface area contributed by atoms with Crippen molar-refractivity contribution in [2.75, 3.05) is 7.05 Å². The van der Waals surface area contributed by atoms with Crippen LogP contribution in [0.3, 0.4) is 0 Å². The second-order valence-electron chi connectivity index (χ2n) is 8.24. The molecule has 0 aliphatic carbocycles. The first kappa shape index (κ1) is 21.6. The van der Waals surface area contributed by atoms with Crippen molar-refractivity contribution in [2.45, 2.75) is 32.1 Å². The molecule has 3 heteroatoms. The maximum Gasteiger partial charge on any atom is 0.0991 e. The minimum absolute atomic E-state index is 0.0948. The lowest BCUT2D eigenvalue weighted by atomic mass is 9.71. The summed E-state index contributed by atoms with van der Waals surface area (Å²) in [5.41, 5.74) is 5.95. The van der Waals surface area contributed by atoms with Crippen molar-refractivity contribution in [1.82, 2.24) is 4.90 Å². The molecule has 152 valence electrons. The Balaban J connectivity index is 2.05. The van der Waals surface area contributed by atoms with Crippen molar-refractivity contribution in [3.8, 4) is 17.2 Å². The molecule has 0 spiro atoms. The van der Waals surface area contributed by atoms with E-state index in [1.165, 1.54) is 10.4 Å². The first-order chi connectivity index (χ1) is 14.3. The Bertz CT molecular complexity index is 1100. The number of allylic oxidation sites excluding steroid dienone is 2. The first-order valence-corrected chi connectivity index (χ1v) is 10.9. The molecule has 0 aliphatic heterocycles. The molecule has 0 N–H and O–H groups in total. The lowest BCUT2D eigenvalue weighted by Crippen LogP contribution is -2.32. The number of nitriles is 1. The number of benzene rings is 2. The minimum atomic E-state index is -0.183. The molecule has 1 heterocycles. The van der Waals surface area contributed by atoms with Crippen LogP contribution in [-0.2, 0) is 5.41 Å². The third kappa shape index (κ3) is 4.25. The van der Waals surface area contributed by atoms with Gasteiger partial charge in [0.1, 0.15) is 0 Å². The van der Waals surface area contributed by atoms with Crippen LogP contribution in [0, 0.1) is 11.3 Å². The fourth-order valence-corrected chi connectivity index (χ4v) is 4.92. The van der Waals surface area contributed by atoms with Gasteiger partial charge in [0.25, 0.3) is 0 Å². The molecule has 30 heavy (non-hydrogen) atoms. The van der Waals surface area contributed by atoms with E-state index < -0.39 is 0 Å². The molecule has 1 aromatic heterocycles. The quantitative estimate of drug-likeness (QED) is 0.406. The molecule has 0 aliphatic rings. The van der Waals surface area contributed by atoms with Crippen molar-refractivity contribution in [2.24, 2.45) is 0 Å². The minimum Gasteiger partial charge on any atom is -0.352 e. The van der Waals surface area contributed by atoms with Crippen molar-refractivity contribution in [1.29, 1.82) is 5.26 Å². The van der Waals surface area contributed by atoms with E-state index in [9.17, 15) is 5.26 Å². The molecule has 2 aromatic carbocycles. The summed E-state index contributed by atoms with van der Waals surface area (Å²) in [4.78, 5) is 3.37. The lowest BCUT2D eigenvalue weighted by molar-refractivity contribution is 0.380. The topological polar surface area (TPSA) is 27.0 Å². The van der Waals surface area contributed by atoms with Crippen LogP contribution in [0.25, 0.3) is 11.1 Å². The Morgan fingerprint density at radius 3 is 2.37 bits per heavy atom. The maximum atomic E-state index is 9.23. The molecule has 0 saturated carbocycles. The number of thiophene rings is 1. The van der Waals surface area contributed by atoms with E-state index in [-0.39, 0.29) is 11.3 Å². The second-order valence-corrected chi connectivity index (χ2v) is 9.15. The van der Waals surface area contributed by atoms with Crippen LogP contribution in [0.2, 0.25) is 0 Å². The summed E-state index contributed by atoms with van der Waals surface area (Å²) in [5.74, 6) is 0.0948. The Morgan fingerprint density at radius 2 is 1.73 bits per heavy atom. The molecule has 2 nitrogen and oxygen atoms in total. The van der Waals surface area contributed by atoms with E-state index in [1.807, 2.05) is 38.2 Å². The van der Waals surface area contributed by atoms with Gasteiger partial charge < -0.3 is 4.90 Å². The second kappa shape index (κ2) is 8.73. The Morgan fingerprint density at radius 1 is 1.03 bits per heavy atom. The highest BCUT2D eigenvalue weighted by molar-refractivity contribution is 7.10. The number of rotatable bonds is 7. The smallest absolute Gasteiger partial charge is 0.0991 e. The monoisotopic (exact) mass is 412 g/mol. The molecule has 0 saturated heterocycles. The fraction of sp³-hybridized carbons (Fsp3) is 0.222. The third-order valence-corrected chi connectivity index (χ3v) is 7.02. The van der Waals surface area contributed by atoms with E-state index in [0.29, 0.717) is 5.56 Å². The van der Waals surface area contributed by atoms with Gasteiger partial charge in [-0.05, 0) is 47.2 Å². The first-order valence-electron chi connectivity index (χ1n) is 9.98. The van der Waals surface area contributed by atoms with Crippen LogP contribution < -0.4 is 0 Å². The van der Waals surface area contributed by atoms with E-state index in [1.54, 1.807) is 11.3 Å². The fourth-order valence-electron chi connectivity index (χ4n) is 3.85. The van der Waals surface area contributed by atoms with Crippen molar-refractivity contribution in [3.05, 3.63) is 107 Å². The van der Waals surface area contributed by atoms with Crippen LogP contribution in [-0.4, -0.2) is 11.9 Å². The molecule has 0 unspecified atom stereocenters. The van der Waals surface area contributed by atoms with Gasteiger partial charge in [0.05, 0.1) is 11.6 Å². The normalized spacial score (nSPS) is 12.1. The third-order valence-electron chi connectivity index (χ3n) is 5.75. The summed E-state index contributed by atoms with van der Waals surface area (Å²) >= 11 is 1.76. The predicted octanol–water partition coefficient (Wildman–Crippen LogP) is 7.33. The molecule has 1 atom stereocenters. The molecule has 3 aromatic rings. The van der Waals surface area contributed by atoms with Crippen LogP contribution >= 0.6 is 11.3 Å². The summed E-state index contributed by atoms with van der Waals surface area (Å²) in [5, 5.41) is 11.4. The van der Waals surface area contributed by atoms with Crippen molar-refractivity contribution >= 4 is 11.3 Å². The average Bonchev–Trinajstić information content (AvgIpc) is 3.25. The predicted molar refractivity (Wildman–Crippen MR) is 128 cm³/mol. The van der Waals surface area contributed by atoms with Gasteiger partial charge in [-0.3, -0.25) is 0 Å². The lowest BCUT2D eigenvalue weighted by Gasteiger charge is -2.39. The summed E-state index contributed by atoms with van der Waals surface area (Å²) in [6.07, 6.45) is 0. The van der Waals surface area contributed by atoms with Crippen molar-refractivity contribution < 1.29 is 0 Å². The summed E-state index contributed by atoms with van der Waals surface area (Å²) in [6.45, 7) is 15.1.